The maximum Gasteiger partial charge on any atom is 0.251 e. The lowest BCUT2D eigenvalue weighted by Crippen LogP contribution is -2.72. The van der Waals surface area contributed by atoms with E-state index in [4.69, 9.17) is 0 Å². The fourth-order valence-electron chi connectivity index (χ4n) is 4.41. The number of hydrogen-bond donors (Lipinski definition) is 1. The van der Waals surface area contributed by atoms with Crippen molar-refractivity contribution in [3.05, 3.63) is 53.6 Å². The van der Waals surface area contributed by atoms with Gasteiger partial charge in [-0.3, -0.25) is 14.5 Å². The molecule has 31 heavy (non-hydrogen) atoms. The molecule has 2 rings (SSSR count). The number of nitrogens with zero attached hydrogens (tertiary/aromatic N) is 1. The second-order valence-electron chi connectivity index (χ2n) is 8.73. The highest BCUT2D eigenvalue weighted by Gasteiger charge is 2.46. The molecule has 4 nitrogen and oxygen atoms in total. The molecule has 0 unspecified atom stereocenters. The lowest BCUT2D eigenvalue weighted by atomic mass is 9.82. The van der Waals surface area contributed by atoms with Crippen molar-refractivity contribution in [1.29, 1.82) is 0 Å². The highest BCUT2D eigenvalue weighted by atomic mass is 19.1. The Kier molecular flexibility index (Phi) is 8.69. The number of amides is 1. The van der Waals surface area contributed by atoms with Gasteiger partial charge in [0.05, 0.1) is 5.54 Å². The van der Waals surface area contributed by atoms with E-state index in [1.807, 2.05) is 0 Å². The number of rotatable bonds is 11. The summed E-state index contributed by atoms with van der Waals surface area (Å²) in [5.41, 5.74) is 0.250. The molecule has 1 amide bonds. The molecule has 170 valence electrons. The smallest absolute Gasteiger partial charge is 0.251 e. The molecular formula is C25H34F2N2O2. The molecule has 1 aliphatic heterocycles. The van der Waals surface area contributed by atoms with Crippen molar-refractivity contribution in [3.63, 3.8) is 0 Å². The highest BCUT2D eigenvalue weighted by Crippen LogP contribution is 2.31. The zero-order chi connectivity index (χ0) is 23.2. The molecule has 1 aromatic rings. The summed E-state index contributed by atoms with van der Waals surface area (Å²) < 4.78 is 27.2. The third kappa shape index (κ3) is 6.57. The molecule has 1 fully saturated rings. The minimum absolute atomic E-state index is 0.0215. The van der Waals surface area contributed by atoms with Crippen LogP contribution in [0.4, 0.5) is 8.78 Å². The van der Waals surface area contributed by atoms with Gasteiger partial charge in [0, 0.05) is 42.8 Å². The Bertz CT molecular complexity index is 851. The molecule has 1 saturated heterocycles. The van der Waals surface area contributed by atoms with Crippen molar-refractivity contribution in [1.82, 2.24) is 10.2 Å². The fraction of sp³-hybridized carbons (Fsp3) is 0.520. The molecule has 1 heterocycles. The van der Waals surface area contributed by atoms with Gasteiger partial charge in [-0.1, -0.05) is 33.3 Å². The van der Waals surface area contributed by atoms with Gasteiger partial charge in [-0.25, -0.2) is 8.78 Å². The normalized spacial score (nSPS) is 16.2. The fourth-order valence-corrected chi connectivity index (χ4v) is 4.41. The van der Waals surface area contributed by atoms with Crippen molar-refractivity contribution in [3.8, 4) is 0 Å². The molecule has 1 aliphatic rings. The van der Waals surface area contributed by atoms with Crippen LogP contribution in [0.1, 0.15) is 65.4 Å². The summed E-state index contributed by atoms with van der Waals surface area (Å²) in [6.07, 6.45) is 6.12. The van der Waals surface area contributed by atoms with Crippen molar-refractivity contribution >= 4 is 17.3 Å². The van der Waals surface area contributed by atoms with Gasteiger partial charge in [0.1, 0.15) is 17.4 Å². The summed E-state index contributed by atoms with van der Waals surface area (Å²) in [5, 5.41) is 3.01. The summed E-state index contributed by atoms with van der Waals surface area (Å²) in [7, 11) is 0. The van der Waals surface area contributed by atoms with Gasteiger partial charge in [-0.2, -0.15) is 0 Å². The molecule has 1 N–H and O–H groups in total. The average molecular weight is 433 g/mol. The monoisotopic (exact) mass is 432 g/mol. The number of hydrogen-bond acceptors (Lipinski definition) is 3. The van der Waals surface area contributed by atoms with Gasteiger partial charge in [0.2, 0.25) is 0 Å². The molecule has 0 saturated carbocycles. The van der Waals surface area contributed by atoms with E-state index in [0.29, 0.717) is 24.7 Å². The largest absolute Gasteiger partial charge is 0.344 e. The molecule has 0 atom stereocenters. The number of carbonyl (C=O) groups excluding carboxylic acids is 2. The minimum Gasteiger partial charge on any atom is -0.344 e. The Labute approximate surface area is 184 Å². The first-order chi connectivity index (χ1) is 14.6. The van der Waals surface area contributed by atoms with E-state index in [-0.39, 0.29) is 29.2 Å². The molecule has 0 radical (unpaired) electrons. The summed E-state index contributed by atoms with van der Waals surface area (Å²) in [6, 6.07) is 3.78. The van der Waals surface area contributed by atoms with Crippen LogP contribution >= 0.6 is 0 Å². The number of halogens is 2. The van der Waals surface area contributed by atoms with Crippen molar-refractivity contribution in [2.24, 2.45) is 0 Å². The quantitative estimate of drug-likeness (QED) is 0.394. The summed E-state index contributed by atoms with van der Waals surface area (Å²) in [4.78, 5) is 27.1. The second-order valence-corrected chi connectivity index (χ2v) is 8.73. The number of benzene rings is 1. The van der Waals surface area contributed by atoms with Crippen LogP contribution in [0.25, 0.3) is 5.57 Å². The first-order valence-corrected chi connectivity index (χ1v) is 11.0. The number of carbonyl (C=O) groups is 2. The number of likely N-dealkylation sites (tertiary alicyclic amines) is 1. The zero-order valence-corrected chi connectivity index (χ0v) is 19.1. The lowest BCUT2D eigenvalue weighted by molar-refractivity contribution is -0.126. The van der Waals surface area contributed by atoms with Crippen LogP contribution in [-0.2, 0) is 9.59 Å². The van der Waals surface area contributed by atoms with Crippen LogP contribution < -0.4 is 5.32 Å². The van der Waals surface area contributed by atoms with E-state index in [0.717, 1.165) is 31.7 Å². The third-order valence-corrected chi connectivity index (χ3v) is 5.78. The third-order valence-electron chi connectivity index (χ3n) is 5.78. The van der Waals surface area contributed by atoms with Crippen LogP contribution in [0.3, 0.4) is 0 Å². The predicted octanol–water partition coefficient (Wildman–Crippen LogP) is 5.04. The Balaban J connectivity index is 2.10. The summed E-state index contributed by atoms with van der Waals surface area (Å²) in [5.74, 6) is -1.71. The van der Waals surface area contributed by atoms with Gasteiger partial charge < -0.3 is 5.32 Å². The highest BCUT2D eigenvalue weighted by molar-refractivity contribution is 5.98. The SMILES string of the molecule is C=C(/C=C(\C)c1ccc(F)cc1F)C(=O)NC1(CC(C)=O)CN(C(CCC)CCC)C1. The van der Waals surface area contributed by atoms with E-state index < -0.39 is 17.2 Å². The first kappa shape index (κ1) is 24.9. The van der Waals surface area contributed by atoms with Gasteiger partial charge >= 0.3 is 0 Å². The molecule has 0 aliphatic carbocycles. The molecule has 0 aromatic heterocycles. The van der Waals surface area contributed by atoms with Crippen molar-refractivity contribution in [2.75, 3.05) is 13.1 Å². The van der Waals surface area contributed by atoms with E-state index >= 15 is 0 Å². The topological polar surface area (TPSA) is 49.4 Å². The van der Waals surface area contributed by atoms with Crippen molar-refractivity contribution < 1.29 is 18.4 Å². The molecular weight excluding hydrogens is 398 g/mol. The van der Waals surface area contributed by atoms with Crippen LogP contribution in [0.2, 0.25) is 0 Å². The van der Waals surface area contributed by atoms with Gasteiger partial charge in [-0.05, 0) is 50.5 Å². The number of ketones is 1. The summed E-state index contributed by atoms with van der Waals surface area (Å²) in [6.45, 7) is 12.6. The molecule has 1 aromatic carbocycles. The van der Waals surface area contributed by atoms with Crippen LogP contribution in [0.5, 0.6) is 0 Å². The van der Waals surface area contributed by atoms with E-state index in [9.17, 15) is 18.4 Å². The standard InChI is InChI=1S/C25H34F2N2O2/c1-6-8-21(9-7-2)29-15-25(16-29,14-19(5)30)28-24(31)18(4)12-17(3)22-11-10-20(26)13-23(22)27/h10-13,21H,4,6-9,14-16H2,1-3,5H3,(H,28,31)/b17-12+. The lowest BCUT2D eigenvalue weighted by Gasteiger charge is -2.53. The maximum atomic E-state index is 14.0. The molecule has 0 bridgehead atoms. The zero-order valence-electron chi connectivity index (χ0n) is 19.1. The van der Waals surface area contributed by atoms with Gasteiger partial charge in [0.15, 0.2) is 0 Å². The summed E-state index contributed by atoms with van der Waals surface area (Å²) >= 11 is 0. The maximum absolute atomic E-state index is 14.0. The van der Waals surface area contributed by atoms with E-state index in [1.165, 1.54) is 25.1 Å². The Morgan fingerprint density at radius 3 is 2.32 bits per heavy atom. The number of allylic oxidation sites excluding steroid dienone is 1. The van der Waals surface area contributed by atoms with Crippen LogP contribution in [-0.4, -0.2) is 41.3 Å². The Hall–Kier alpha value is -2.34. The predicted molar refractivity (Wildman–Crippen MR) is 120 cm³/mol. The van der Waals surface area contributed by atoms with E-state index in [2.05, 4.69) is 30.6 Å². The van der Waals surface area contributed by atoms with Crippen LogP contribution in [0.15, 0.2) is 36.4 Å². The number of Topliss-reactive ketones (excluding diaryl/α,β-unsaturated/α-hetero) is 1. The minimum atomic E-state index is -0.692. The molecule has 0 spiro atoms. The molecule has 6 heteroatoms. The van der Waals surface area contributed by atoms with E-state index in [1.54, 1.807) is 6.92 Å². The average Bonchev–Trinajstić information content (AvgIpc) is 2.64. The number of nitrogens with one attached hydrogen (secondary N) is 1. The Morgan fingerprint density at radius 2 is 1.81 bits per heavy atom. The van der Waals surface area contributed by atoms with Crippen molar-refractivity contribution in [2.45, 2.75) is 71.4 Å². The second kappa shape index (κ2) is 10.8. The van der Waals surface area contributed by atoms with Gasteiger partial charge in [0.25, 0.3) is 5.91 Å². The van der Waals surface area contributed by atoms with Crippen LogP contribution in [0, 0.1) is 11.6 Å². The first-order valence-electron chi connectivity index (χ1n) is 11.0. The Morgan fingerprint density at radius 1 is 1.19 bits per heavy atom. The van der Waals surface area contributed by atoms with Gasteiger partial charge in [-0.15, -0.1) is 0 Å².